The van der Waals surface area contributed by atoms with Crippen LogP contribution >= 0.6 is 0 Å². The van der Waals surface area contributed by atoms with Crippen LogP contribution in [0, 0.1) is 23.7 Å². The lowest BCUT2D eigenvalue weighted by Gasteiger charge is -2.56. The molecule has 1 amide bonds. The monoisotopic (exact) mass is 284 g/mol. The van der Waals surface area contributed by atoms with Gasteiger partial charge in [0, 0.05) is 24.3 Å². The lowest BCUT2D eigenvalue weighted by Crippen LogP contribution is -2.56. The number of rotatable bonds is 2. The Balaban J connectivity index is 1.57. The molecule has 3 heteroatoms. The maximum absolute atomic E-state index is 12.8. The summed E-state index contributed by atoms with van der Waals surface area (Å²) in [6.45, 7) is 0. The number of carbonyl (C=O) groups excluding carboxylic acids is 1. The highest BCUT2D eigenvalue weighted by molar-refractivity contribution is 5.95. The molecule has 5 rings (SSSR count). The first-order chi connectivity index (χ1) is 10.1. The van der Waals surface area contributed by atoms with Crippen LogP contribution in [-0.2, 0) is 0 Å². The minimum atomic E-state index is 0.139. The molecule has 112 valence electrons. The molecule has 0 aromatic heterocycles. The Labute approximate surface area is 126 Å². The van der Waals surface area contributed by atoms with Gasteiger partial charge in [-0.15, -0.1) is 0 Å². The van der Waals surface area contributed by atoms with E-state index in [0.29, 0.717) is 11.7 Å². The van der Waals surface area contributed by atoms with Crippen LogP contribution in [0.2, 0.25) is 0 Å². The highest BCUT2D eigenvalue weighted by Crippen LogP contribution is 2.55. The van der Waals surface area contributed by atoms with Crippen molar-refractivity contribution in [3.63, 3.8) is 0 Å². The summed E-state index contributed by atoms with van der Waals surface area (Å²) in [5, 5.41) is 0. The van der Waals surface area contributed by atoms with Gasteiger partial charge >= 0.3 is 0 Å². The number of nitrogen functional groups attached to an aromatic ring is 1. The second-order valence-electron chi connectivity index (χ2n) is 7.46. The molecule has 0 atom stereocenters. The van der Waals surface area contributed by atoms with Gasteiger partial charge in [0.05, 0.1) is 0 Å². The third kappa shape index (κ3) is 2.14. The van der Waals surface area contributed by atoms with E-state index in [4.69, 9.17) is 5.73 Å². The van der Waals surface area contributed by atoms with E-state index in [1.54, 1.807) is 6.07 Å². The number of benzene rings is 1. The molecule has 0 unspecified atom stereocenters. The Morgan fingerprint density at radius 2 is 1.71 bits per heavy atom. The normalized spacial score (nSPS) is 36.7. The lowest BCUT2D eigenvalue weighted by molar-refractivity contribution is -0.0491. The number of nitrogens with two attached hydrogens (primary N) is 1. The van der Waals surface area contributed by atoms with E-state index in [1.807, 2.05) is 30.1 Å². The van der Waals surface area contributed by atoms with Gasteiger partial charge in [-0.1, -0.05) is 6.07 Å². The zero-order valence-corrected chi connectivity index (χ0v) is 12.7. The first kappa shape index (κ1) is 13.2. The predicted octanol–water partition coefficient (Wildman–Crippen LogP) is 3.17. The molecule has 0 spiro atoms. The third-order valence-corrected chi connectivity index (χ3v) is 6.08. The number of nitrogens with zero attached hydrogens (tertiary/aromatic N) is 1. The van der Waals surface area contributed by atoms with Crippen molar-refractivity contribution in [2.24, 2.45) is 23.7 Å². The zero-order valence-electron chi connectivity index (χ0n) is 12.7. The van der Waals surface area contributed by atoms with Gasteiger partial charge in [-0.25, -0.2) is 0 Å². The molecule has 4 aliphatic rings. The molecule has 1 aromatic carbocycles. The summed E-state index contributed by atoms with van der Waals surface area (Å²) in [5.74, 6) is 3.49. The van der Waals surface area contributed by atoms with Crippen molar-refractivity contribution in [3.8, 4) is 0 Å². The van der Waals surface area contributed by atoms with Gasteiger partial charge in [-0.05, 0) is 74.0 Å². The van der Waals surface area contributed by atoms with E-state index in [1.165, 1.54) is 32.1 Å². The number of hydrogen-bond donors (Lipinski definition) is 1. The fraction of sp³-hybridized carbons (Fsp3) is 0.611. The standard InChI is InChI=1S/C18H24N2O/c1-20(18(21)13-3-2-4-16(19)10-13)17-14-6-11-5-12(8-14)9-15(17)7-11/h2-4,10-12,14-15,17H,5-9,19H2,1H3. The molecule has 4 aliphatic carbocycles. The molecule has 0 saturated heterocycles. The Hall–Kier alpha value is -1.51. The van der Waals surface area contributed by atoms with Crippen molar-refractivity contribution in [1.29, 1.82) is 0 Å². The maximum Gasteiger partial charge on any atom is 0.253 e. The van der Waals surface area contributed by atoms with Crippen LogP contribution in [0.3, 0.4) is 0 Å². The van der Waals surface area contributed by atoms with Crippen LogP contribution in [0.5, 0.6) is 0 Å². The highest BCUT2D eigenvalue weighted by Gasteiger charge is 2.50. The summed E-state index contributed by atoms with van der Waals surface area (Å²) in [4.78, 5) is 14.8. The molecule has 1 aromatic rings. The van der Waals surface area contributed by atoms with E-state index in [0.717, 1.165) is 29.2 Å². The summed E-state index contributed by atoms with van der Waals surface area (Å²) in [5.41, 5.74) is 7.21. The first-order valence-electron chi connectivity index (χ1n) is 8.24. The Kier molecular flexibility index (Phi) is 2.98. The van der Waals surface area contributed by atoms with E-state index in [2.05, 4.69) is 0 Å². The number of carbonyl (C=O) groups is 1. The Morgan fingerprint density at radius 1 is 1.10 bits per heavy atom. The minimum absolute atomic E-state index is 0.139. The average molecular weight is 284 g/mol. The topological polar surface area (TPSA) is 46.3 Å². The number of amides is 1. The quantitative estimate of drug-likeness (QED) is 0.848. The van der Waals surface area contributed by atoms with Crippen LogP contribution < -0.4 is 5.73 Å². The molecule has 2 N–H and O–H groups in total. The third-order valence-electron chi connectivity index (χ3n) is 6.08. The second kappa shape index (κ2) is 4.75. The van der Waals surface area contributed by atoms with E-state index < -0.39 is 0 Å². The van der Waals surface area contributed by atoms with Crippen molar-refractivity contribution in [2.75, 3.05) is 12.8 Å². The molecule has 0 aliphatic heterocycles. The van der Waals surface area contributed by atoms with Crippen molar-refractivity contribution in [1.82, 2.24) is 4.90 Å². The van der Waals surface area contributed by atoms with Crippen LogP contribution in [0.1, 0.15) is 42.5 Å². The maximum atomic E-state index is 12.8. The summed E-state index contributed by atoms with van der Waals surface area (Å²) in [6.07, 6.45) is 6.81. The largest absolute Gasteiger partial charge is 0.399 e. The number of anilines is 1. The van der Waals surface area contributed by atoms with Gasteiger partial charge in [0.1, 0.15) is 0 Å². The van der Waals surface area contributed by atoms with E-state index >= 15 is 0 Å². The van der Waals surface area contributed by atoms with Gasteiger partial charge in [0.25, 0.3) is 5.91 Å². The molecule has 4 saturated carbocycles. The zero-order chi connectivity index (χ0) is 14.6. The van der Waals surface area contributed by atoms with Crippen molar-refractivity contribution in [2.45, 2.75) is 38.1 Å². The summed E-state index contributed by atoms with van der Waals surface area (Å²) < 4.78 is 0. The highest BCUT2D eigenvalue weighted by atomic mass is 16.2. The van der Waals surface area contributed by atoms with Gasteiger partial charge in [0.15, 0.2) is 0 Å². The van der Waals surface area contributed by atoms with Crippen molar-refractivity contribution >= 4 is 11.6 Å². The van der Waals surface area contributed by atoms with Gasteiger partial charge in [-0.3, -0.25) is 4.79 Å². The smallest absolute Gasteiger partial charge is 0.253 e. The van der Waals surface area contributed by atoms with Gasteiger partial charge < -0.3 is 10.6 Å². The summed E-state index contributed by atoms with van der Waals surface area (Å²) >= 11 is 0. The molecule has 4 fully saturated rings. The van der Waals surface area contributed by atoms with E-state index in [9.17, 15) is 4.79 Å². The number of hydrogen-bond acceptors (Lipinski definition) is 2. The fourth-order valence-corrected chi connectivity index (χ4v) is 5.54. The van der Waals surface area contributed by atoms with Crippen LogP contribution in [0.4, 0.5) is 5.69 Å². The predicted molar refractivity (Wildman–Crippen MR) is 83.8 cm³/mol. The first-order valence-corrected chi connectivity index (χ1v) is 8.24. The minimum Gasteiger partial charge on any atom is -0.399 e. The molecule has 4 bridgehead atoms. The van der Waals surface area contributed by atoms with E-state index in [-0.39, 0.29) is 5.91 Å². The Morgan fingerprint density at radius 3 is 2.29 bits per heavy atom. The van der Waals surface area contributed by atoms with Crippen molar-refractivity contribution < 1.29 is 4.79 Å². The van der Waals surface area contributed by atoms with Gasteiger partial charge in [0.2, 0.25) is 0 Å². The van der Waals surface area contributed by atoms with Gasteiger partial charge in [-0.2, -0.15) is 0 Å². The SMILES string of the molecule is CN(C(=O)c1cccc(N)c1)C1C2CC3CC(C2)CC1C3. The molecule has 0 radical (unpaired) electrons. The molecule has 21 heavy (non-hydrogen) atoms. The molecule has 0 heterocycles. The van der Waals surface area contributed by atoms with Crippen molar-refractivity contribution in [3.05, 3.63) is 29.8 Å². The molecular formula is C18H24N2O. The second-order valence-corrected chi connectivity index (χ2v) is 7.46. The average Bonchev–Trinajstić information content (AvgIpc) is 2.45. The van der Waals surface area contributed by atoms with Crippen LogP contribution in [0.25, 0.3) is 0 Å². The lowest BCUT2D eigenvalue weighted by atomic mass is 9.54. The van der Waals surface area contributed by atoms with Crippen LogP contribution in [-0.4, -0.2) is 23.9 Å². The van der Waals surface area contributed by atoms with Crippen LogP contribution in [0.15, 0.2) is 24.3 Å². The molecule has 3 nitrogen and oxygen atoms in total. The summed E-state index contributed by atoms with van der Waals surface area (Å²) in [7, 11) is 2.00. The summed E-state index contributed by atoms with van der Waals surface area (Å²) in [6, 6.07) is 7.83. The molecular weight excluding hydrogens is 260 g/mol. The fourth-order valence-electron chi connectivity index (χ4n) is 5.54. The Bertz CT molecular complexity index is 540.